The fraction of sp³-hybridized carbons (Fsp3) is 0.417. The molecule has 0 saturated carbocycles. The van der Waals surface area contributed by atoms with Gasteiger partial charge in [-0.2, -0.15) is 0 Å². The summed E-state index contributed by atoms with van der Waals surface area (Å²) in [5, 5.41) is 2.84. The Balaban J connectivity index is 2.21. The van der Waals surface area contributed by atoms with Crippen molar-refractivity contribution >= 4 is 20.1 Å². The Kier molecular flexibility index (Phi) is 3.94. The Labute approximate surface area is 113 Å². The lowest BCUT2D eigenvalue weighted by Crippen LogP contribution is -2.66. The molecule has 104 valence electrons. The van der Waals surface area contributed by atoms with Crippen LogP contribution in [-0.2, 0) is 9.36 Å². The molecule has 1 aromatic rings. The Hall–Kier alpha value is -1.36. The molecule has 0 aromatic heterocycles. The number of anilines is 1. The molecule has 1 aromatic carbocycles. The maximum absolute atomic E-state index is 12.0. The van der Waals surface area contributed by atoms with E-state index < -0.39 is 19.6 Å². The molecule has 1 amide bonds. The number of hydrazine groups is 1. The third kappa shape index (κ3) is 2.66. The largest absolute Gasteiger partial charge is 0.379 e. The van der Waals surface area contributed by atoms with Gasteiger partial charge in [0.25, 0.3) is 5.91 Å². The van der Waals surface area contributed by atoms with Gasteiger partial charge in [-0.3, -0.25) is 9.80 Å². The van der Waals surface area contributed by atoms with Crippen LogP contribution in [0.4, 0.5) is 5.69 Å². The van der Waals surface area contributed by atoms with Crippen molar-refractivity contribution in [1.82, 2.24) is 5.01 Å². The van der Waals surface area contributed by atoms with Crippen LogP contribution in [0, 0.1) is 6.92 Å². The summed E-state index contributed by atoms with van der Waals surface area (Å²) in [4.78, 5) is 12.0. The van der Waals surface area contributed by atoms with E-state index in [1.165, 1.54) is 0 Å². The summed E-state index contributed by atoms with van der Waals surface area (Å²) < 4.78 is 11.4. The number of carbonyl (C=O) groups excluding carboxylic acids is 1. The Morgan fingerprint density at radius 3 is 2.63 bits per heavy atom. The summed E-state index contributed by atoms with van der Waals surface area (Å²) in [6.45, 7) is 2.40. The minimum atomic E-state index is -1.47. The summed E-state index contributed by atoms with van der Waals surface area (Å²) in [5.41, 5.74) is 8.01. The molecule has 0 bridgehead atoms. The molecule has 2 unspecified atom stereocenters. The standard InChI is InChI=1S/C12H19N4O2P/c1-8-2-4-9(5-3-8)15-10-6-7-16(14)11(17)12(10,13)19-18/h2-5,10,15H,6-7,13-14,19H2,1H3/t10?,12-/m0/s1. The van der Waals surface area contributed by atoms with Crippen LogP contribution in [0.25, 0.3) is 0 Å². The molecule has 0 radical (unpaired) electrons. The van der Waals surface area contributed by atoms with Gasteiger partial charge in [0.1, 0.15) is 0 Å². The summed E-state index contributed by atoms with van der Waals surface area (Å²) in [6, 6.07) is 7.38. The van der Waals surface area contributed by atoms with Crippen LogP contribution in [0.2, 0.25) is 0 Å². The Bertz CT molecular complexity index is 493. The average molecular weight is 282 g/mol. The molecule has 3 atom stereocenters. The average Bonchev–Trinajstić information content (AvgIpc) is 2.42. The molecule has 1 aliphatic rings. The first-order chi connectivity index (χ1) is 8.97. The number of rotatable bonds is 3. The maximum atomic E-state index is 12.0. The third-order valence-electron chi connectivity index (χ3n) is 3.45. The monoisotopic (exact) mass is 282 g/mol. The van der Waals surface area contributed by atoms with Crippen LogP contribution < -0.4 is 16.9 Å². The van der Waals surface area contributed by atoms with Gasteiger partial charge in [-0.1, -0.05) is 17.7 Å². The molecule has 6 nitrogen and oxygen atoms in total. The first kappa shape index (κ1) is 14.1. The second-order valence-electron chi connectivity index (χ2n) is 4.90. The molecule has 7 heteroatoms. The highest BCUT2D eigenvalue weighted by atomic mass is 31.1. The fourth-order valence-electron chi connectivity index (χ4n) is 2.18. The number of piperidine rings is 1. The number of nitrogens with zero attached hydrogens (tertiary/aromatic N) is 1. The van der Waals surface area contributed by atoms with Gasteiger partial charge in [0.2, 0.25) is 0 Å². The molecular weight excluding hydrogens is 263 g/mol. The SMILES string of the molecule is Cc1ccc(NC2CCN(N)C(=O)[C@@]2(N)[PH2]=O)cc1. The molecule has 5 N–H and O–H groups in total. The van der Waals surface area contributed by atoms with Gasteiger partial charge in [-0.05, 0) is 25.5 Å². The number of nitrogens with one attached hydrogen (secondary N) is 1. The number of nitrogens with two attached hydrogens (primary N) is 2. The summed E-state index contributed by atoms with van der Waals surface area (Å²) in [5.74, 6) is 5.09. The highest BCUT2D eigenvalue weighted by molar-refractivity contribution is 7.27. The predicted octanol–water partition coefficient (Wildman–Crippen LogP) is 0.293. The minimum absolute atomic E-state index is 0.366. The van der Waals surface area contributed by atoms with Crippen LogP contribution in [-0.4, -0.2) is 28.8 Å². The van der Waals surface area contributed by atoms with Crippen molar-refractivity contribution in [2.24, 2.45) is 11.6 Å². The van der Waals surface area contributed by atoms with E-state index in [0.717, 1.165) is 16.3 Å². The third-order valence-corrected chi connectivity index (χ3v) is 4.49. The zero-order valence-corrected chi connectivity index (χ0v) is 12.0. The van der Waals surface area contributed by atoms with E-state index in [1.54, 1.807) is 0 Å². The summed E-state index contributed by atoms with van der Waals surface area (Å²) >= 11 is 0. The number of amides is 1. The van der Waals surface area contributed by atoms with E-state index in [2.05, 4.69) is 5.32 Å². The van der Waals surface area contributed by atoms with Gasteiger partial charge in [-0.15, -0.1) is 0 Å². The quantitative estimate of drug-likeness (QED) is 0.420. The molecule has 1 saturated heterocycles. The smallest absolute Gasteiger partial charge is 0.265 e. The zero-order valence-electron chi connectivity index (χ0n) is 10.8. The number of carbonyl (C=O) groups is 1. The van der Waals surface area contributed by atoms with E-state index in [1.807, 2.05) is 31.2 Å². The van der Waals surface area contributed by atoms with Crippen molar-refractivity contribution in [1.29, 1.82) is 0 Å². The van der Waals surface area contributed by atoms with Crippen molar-refractivity contribution in [2.75, 3.05) is 11.9 Å². The summed E-state index contributed by atoms with van der Waals surface area (Å²) in [7, 11) is -1.47. The lowest BCUT2D eigenvalue weighted by molar-refractivity contribution is -0.137. The van der Waals surface area contributed by atoms with Crippen molar-refractivity contribution in [2.45, 2.75) is 24.7 Å². The van der Waals surface area contributed by atoms with E-state index in [4.69, 9.17) is 11.6 Å². The van der Waals surface area contributed by atoms with Gasteiger partial charge >= 0.3 is 0 Å². The molecule has 1 heterocycles. The lowest BCUT2D eigenvalue weighted by Gasteiger charge is -2.40. The molecule has 1 aliphatic heterocycles. The van der Waals surface area contributed by atoms with Gasteiger partial charge in [-0.25, -0.2) is 5.84 Å². The van der Waals surface area contributed by atoms with Crippen LogP contribution >= 0.6 is 8.46 Å². The molecule has 2 rings (SSSR count). The van der Waals surface area contributed by atoms with Gasteiger partial charge in [0.15, 0.2) is 5.28 Å². The predicted molar refractivity (Wildman–Crippen MR) is 76.4 cm³/mol. The second-order valence-corrected chi connectivity index (χ2v) is 6.09. The molecule has 0 spiro atoms. The van der Waals surface area contributed by atoms with E-state index in [9.17, 15) is 9.36 Å². The highest BCUT2D eigenvalue weighted by Gasteiger charge is 2.47. The molecule has 0 aliphatic carbocycles. The normalized spacial score (nSPS) is 28.1. The number of hydrogen-bond donors (Lipinski definition) is 3. The Morgan fingerprint density at radius 2 is 2.05 bits per heavy atom. The molecule has 19 heavy (non-hydrogen) atoms. The van der Waals surface area contributed by atoms with Gasteiger partial charge in [0, 0.05) is 12.2 Å². The van der Waals surface area contributed by atoms with Crippen LogP contribution in [0.5, 0.6) is 0 Å². The summed E-state index contributed by atoms with van der Waals surface area (Å²) in [6.07, 6.45) is 0.571. The van der Waals surface area contributed by atoms with E-state index >= 15 is 0 Å². The number of benzene rings is 1. The van der Waals surface area contributed by atoms with E-state index in [0.29, 0.717) is 13.0 Å². The number of aryl methyl sites for hydroxylation is 1. The molecular formula is C12H19N4O2P. The first-order valence-electron chi connectivity index (χ1n) is 6.12. The lowest BCUT2D eigenvalue weighted by atomic mass is 9.99. The van der Waals surface area contributed by atoms with Crippen molar-refractivity contribution < 1.29 is 9.36 Å². The van der Waals surface area contributed by atoms with Crippen LogP contribution in [0.1, 0.15) is 12.0 Å². The maximum Gasteiger partial charge on any atom is 0.265 e. The fourth-order valence-corrected chi connectivity index (χ4v) is 2.86. The number of hydrogen-bond acceptors (Lipinski definition) is 5. The molecule has 1 fully saturated rings. The Morgan fingerprint density at radius 1 is 1.42 bits per heavy atom. The van der Waals surface area contributed by atoms with Crippen molar-refractivity contribution in [3.05, 3.63) is 29.8 Å². The van der Waals surface area contributed by atoms with Crippen LogP contribution in [0.3, 0.4) is 0 Å². The minimum Gasteiger partial charge on any atom is -0.379 e. The topological polar surface area (TPSA) is 101 Å². The zero-order chi connectivity index (χ0) is 14.0. The highest BCUT2D eigenvalue weighted by Crippen LogP contribution is 2.31. The van der Waals surface area contributed by atoms with Gasteiger partial charge in [0.05, 0.1) is 14.5 Å². The van der Waals surface area contributed by atoms with Crippen LogP contribution in [0.15, 0.2) is 24.3 Å². The van der Waals surface area contributed by atoms with Gasteiger partial charge < -0.3 is 15.6 Å². The van der Waals surface area contributed by atoms with Crippen molar-refractivity contribution in [3.8, 4) is 0 Å². The van der Waals surface area contributed by atoms with E-state index in [-0.39, 0.29) is 6.04 Å². The van der Waals surface area contributed by atoms with Crippen molar-refractivity contribution in [3.63, 3.8) is 0 Å². The second kappa shape index (κ2) is 5.33. The first-order valence-corrected chi connectivity index (χ1v) is 7.17.